The van der Waals surface area contributed by atoms with Gasteiger partial charge in [0, 0.05) is 38.4 Å². The fraction of sp³-hybridized carbons (Fsp3) is 0.458. The molecule has 1 heterocycles. The number of hydrogen-bond acceptors (Lipinski definition) is 5. The van der Waals surface area contributed by atoms with Gasteiger partial charge in [-0.3, -0.25) is 0 Å². The lowest BCUT2D eigenvalue weighted by atomic mass is 10.0. The van der Waals surface area contributed by atoms with Crippen molar-refractivity contribution in [2.45, 2.75) is 38.5 Å². The van der Waals surface area contributed by atoms with Gasteiger partial charge in [-0.2, -0.15) is 5.26 Å². The summed E-state index contributed by atoms with van der Waals surface area (Å²) in [6, 6.07) is 18.6. The number of ether oxygens (including phenoxy) is 2. The maximum absolute atomic E-state index is 9.20. The maximum atomic E-state index is 9.20. The van der Waals surface area contributed by atoms with E-state index in [2.05, 4.69) is 28.4 Å². The molecule has 0 atom stereocenters. The van der Waals surface area contributed by atoms with Crippen molar-refractivity contribution < 1.29 is 9.47 Å². The second kappa shape index (κ2) is 11.6. The van der Waals surface area contributed by atoms with E-state index in [9.17, 15) is 5.26 Å². The molecule has 1 fully saturated rings. The third kappa shape index (κ3) is 6.86. The van der Waals surface area contributed by atoms with Gasteiger partial charge in [0.25, 0.3) is 0 Å². The van der Waals surface area contributed by atoms with Gasteiger partial charge in [0.1, 0.15) is 12.4 Å². The Morgan fingerprint density at radius 3 is 2.76 bits per heavy atom. The molecule has 154 valence electrons. The molecule has 5 heteroatoms. The number of methoxy groups -OCH3 is 1. The van der Waals surface area contributed by atoms with Crippen LogP contribution in [-0.2, 0) is 17.9 Å². The van der Waals surface area contributed by atoms with Gasteiger partial charge in [0.2, 0.25) is 0 Å². The lowest BCUT2D eigenvalue weighted by Gasteiger charge is -2.32. The second-order valence-corrected chi connectivity index (χ2v) is 7.55. The Labute approximate surface area is 174 Å². The number of nitrogens with zero attached hydrogens (tertiary/aromatic N) is 2. The Hall–Kier alpha value is -2.39. The minimum Gasteiger partial charge on any atom is -0.489 e. The number of piperidine rings is 1. The van der Waals surface area contributed by atoms with Gasteiger partial charge >= 0.3 is 0 Å². The van der Waals surface area contributed by atoms with Crippen molar-refractivity contribution in [2.24, 2.45) is 0 Å². The predicted octanol–water partition coefficient (Wildman–Crippen LogP) is 3.73. The number of nitrogens with one attached hydrogen (secondary N) is 1. The van der Waals surface area contributed by atoms with E-state index in [0.29, 0.717) is 18.2 Å². The van der Waals surface area contributed by atoms with Crippen molar-refractivity contribution in [2.75, 3.05) is 33.4 Å². The van der Waals surface area contributed by atoms with Gasteiger partial charge in [-0.15, -0.1) is 0 Å². The molecule has 2 aromatic carbocycles. The maximum Gasteiger partial charge on any atom is 0.120 e. The van der Waals surface area contributed by atoms with E-state index in [4.69, 9.17) is 9.47 Å². The van der Waals surface area contributed by atoms with E-state index in [0.717, 1.165) is 50.5 Å². The topological polar surface area (TPSA) is 57.5 Å². The Morgan fingerprint density at radius 1 is 1.14 bits per heavy atom. The normalized spacial score (nSPS) is 15.2. The summed E-state index contributed by atoms with van der Waals surface area (Å²) in [5, 5.41) is 12.9. The quantitative estimate of drug-likeness (QED) is 0.624. The van der Waals surface area contributed by atoms with E-state index in [1.54, 1.807) is 7.11 Å². The van der Waals surface area contributed by atoms with Gasteiger partial charge in [-0.05, 0) is 56.1 Å². The van der Waals surface area contributed by atoms with Crippen LogP contribution in [0, 0.1) is 11.3 Å². The van der Waals surface area contributed by atoms with Crippen molar-refractivity contribution in [3.8, 4) is 11.8 Å². The first-order chi connectivity index (χ1) is 14.3. The van der Waals surface area contributed by atoms with Crippen molar-refractivity contribution in [1.29, 1.82) is 5.26 Å². The first-order valence-corrected chi connectivity index (χ1v) is 10.4. The SMILES string of the molecule is COCCCN1CCC(NCc2cccc(OCc3ccccc3C#N)c2)CC1. The number of benzene rings is 2. The number of hydrogen-bond donors (Lipinski definition) is 1. The van der Waals surface area contributed by atoms with Gasteiger partial charge in [0.15, 0.2) is 0 Å². The van der Waals surface area contributed by atoms with Crippen LogP contribution in [0.3, 0.4) is 0 Å². The monoisotopic (exact) mass is 393 g/mol. The van der Waals surface area contributed by atoms with Crippen molar-refractivity contribution in [3.05, 3.63) is 65.2 Å². The van der Waals surface area contributed by atoms with Crippen molar-refractivity contribution in [1.82, 2.24) is 10.2 Å². The molecule has 0 aliphatic carbocycles. The zero-order valence-corrected chi connectivity index (χ0v) is 17.3. The highest BCUT2D eigenvalue weighted by Crippen LogP contribution is 2.18. The van der Waals surface area contributed by atoms with Crippen molar-refractivity contribution in [3.63, 3.8) is 0 Å². The summed E-state index contributed by atoms with van der Waals surface area (Å²) in [7, 11) is 1.77. The van der Waals surface area contributed by atoms with Crippen LogP contribution in [0.1, 0.15) is 36.0 Å². The number of likely N-dealkylation sites (tertiary alicyclic amines) is 1. The molecular weight excluding hydrogens is 362 g/mol. The average Bonchev–Trinajstić information content (AvgIpc) is 2.78. The summed E-state index contributed by atoms with van der Waals surface area (Å²) in [5.41, 5.74) is 2.80. The summed E-state index contributed by atoms with van der Waals surface area (Å²) in [6.45, 7) is 5.54. The molecular formula is C24H31N3O2. The van der Waals surface area contributed by atoms with Crippen LogP contribution in [0.5, 0.6) is 5.75 Å². The molecule has 0 radical (unpaired) electrons. The molecule has 1 aliphatic rings. The van der Waals surface area contributed by atoms with E-state index in [1.165, 1.54) is 18.4 Å². The molecule has 0 aromatic heterocycles. The van der Waals surface area contributed by atoms with E-state index in [1.807, 2.05) is 36.4 Å². The highest BCUT2D eigenvalue weighted by atomic mass is 16.5. The minimum absolute atomic E-state index is 0.405. The number of rotatable bonds is 10. The van der Waals surface area contributed by atoms with Crippen LogP contribution >= 0.6 is 0 Å². The largest absolute Gasteiger partial charge is 0.489 e. The summed E-state index contributed by atoms with van der Waals surface area (Å²) in [4.78, 5) is 2.53. The molecule has 5 nitrogen and oxygen atoms in total. The number of nitriles is 1. The summed E-state index contributed by atoms with van der Waals surface area (Å²) < 4.78 is 11.1. The molecule has 0 unspecified atom stereocenters. The Bertz CT molecular complexity index is 795. The highest BCUT2D eigenvalue weighted by molar-refractivity contribution is 5.37. The molecule has 29 heavy (non-hydrogen) atoms. The highest BCUT2D eigenvalue weighted by Gasteiger charge is 2.18. The third-order valence-corrected chi connectivity index (χ3v) is 5.44. The standard InChI is InChI=1S/C24H31N3O2/c1-28-15-5-12-27-13-10-23(11-14-27)26-18-20-6-4-9-24(16-20)29-19-22-8-3-2-7-21(22)17-25/h2-4,6-9,16,23,26H,5,10-15,18-19H2,1H3. The Balaban J connectivity index is 1.43. The smallest absolute Gasteiger partial charge is 0.120 e. The van der Waals surface area contributed by atoms with Gasteiger partial charge in [0.05, 0.1) is 11.6 Å². The third-order valence-electron chi connectivity index (χ3n) is 5.44. The lowest BCUT2D eigenvalue weighted by molar-refractivity contribution is 0.152. The van der Waals surface area contributed by atoms with E-state index < -0.39 is 0 Å². The fourth-order valence-electron chi connectivity index (χ4n) is 3.72. The Kier molecular flexibility index (Phi) is 8.51. The second-order valence-electron chi connectivity index (χ2n) is 7.55. The molecule has 0 bridgehead atoms. The van der Waals surface area contributed by atoms with Gasteiger partial charge < -0.3 is 19.7 Å². The van der Waals surface area contributed by atoms with Crippen LogP contribution in [0.2, 0.25) is 0 Å². The molecule has 3 rings (SSSR count). The van der Waals surface area contributed by atoms with Crippen LogP contribution in [0.4, 0.5) is 0 Å². The molecule has 1 N–H and O–H groups in total. The molecule has 1 saturated heterocycles. The zero-order chi connectivity index (χ0) is 20.3. The van der Waals surface area contributed by atoms with Crippen molar-refractivity contribution >= 4 is 0 Å². The minimum atomic E-state index is 0.405. The van der Waals surface area contributed by atoms with Gasteiger partial charge in [-0.1, -0.05) is 30.3 Å². The molecule has 2 aromatic rings. The fourth-order valence-corrected chi connectivity index (χ4v) is 3.72. The summed E-state index contributed by atoms with van der Waals surface area (Å²) in [5.74, 6) is 0.838. The summed E-state index contributed by atoms with van der Waals surface area (Å²) in [6.07, 6.45) is 3.49. The van der Waals surface area contributed by atoms with Crippen LogP contribution in [0.25, 0.3) is 0 Å². The average molecular weight is 394 g/mol. The summed E-state index contributed by atoms with van der Waals surface area (Å²) >= 11 is 0. The molecule has 1 aliphatic heterocycles. The van der Waals surface area contributed by atoms with Crippen LogP contribution < -0.4 is 10.1 Å². The van der Waals surface area contributed by atoms with E-state index >= 15 is 0 Å². The predicted molar refractivity (Wildman–Crippen MR) is 115 cm³/mol. The first-order valence-electron chi connectivity index (χ1n) is 10.4. The first kappa shape index (κ1) is 21.3. The lowest BCUT2D eigenvalue weighted by Crippen LogP contribution is -2.42. The molecule has 0 spiro atoms. The van der Waals surface area contributed by atoms with Crippen LogP contribution in [-0.4, -0.2) is 44.3 Å². The van der Waals surface area contributed by atoms with Crippen LogP contribution in [0.15, 0.2) is 48.5 Å². The van der Waals surface area contributed by atoms with Gasteiger partial charge in [-0.25, -0.2) is 0 Å². The molecule has 0 amide bonds. The molecule has 0 saturated carbocycles. The van der Waals surface area contributed by atoms with E-state index in [-0.39, 0.29) is 0 Å². The Morgan fingerprint density at radius 2 is 1.97 bits per heavy atom. The zero-order valence-electron chi connectivity index (χ0n) is 17.3.